The van der Waals surface area contributed by atoms with Gasteiger partial charge in [-0.25, -0.2) is 0 Å². The van der Waals surface area contributed by atoms with Crippen LogP contribution >= 0.6 is 47.2 Å². The van der Waals surface area contributed by atoms with Crippen molar-refractivity contribution in [3.05, 3.63) is 74.1 Å². The van der Waals surface area contributed by atoms with Crippen molar-refractivity contribution in [3.63, 3.8) is 0 Å². The number of benzene rings is 2. The van der Waals surface area contributed by atoms with Gasteiger partial charge < -0.3 is 0 Å². The third-order valence-corrected chi connectivity index (χ3v) is 6.23. The third kappa shape index (κ3) is 6.07. The molecule has 1 aliphatic rings. The number of carbonyl (C=O) groups is 3. The van der Waals surface area contributed by atoms with Gasteiger partial charge in [-0.2, -0.15) is 0 Å². The molecule has 0 spiro atoms. The number of rotatable bonds is 5. The van der Waals surface area contributed by atoms with Crippen LogP contribution in [0.5, 0.6) is 0 Å². The molecular formula is C21H17Cl2N3O3S2. The largest absolute Gasteiger partial charge is 0.292 e. The molecule has 0 radical (unpaired) electrons. The number of hydrogen-bond acceptors (Lipinski definition) is 5. The molecule has 3 amide bonds. The monoisotopic (exact) mass is 493 g/mol. The van der Waals surface area contributed by atoms with E-state index in [0.29, 0.717) is 14.2 Å². The smallest absolute Gasteiger partial charge is 0.271 e. The number of amides is 3. The highest BCUT2D eigenvalue weighted by Crippen LogP contribution is 2.32. The van der Waals surface area contributed by atoms with Gasteiger partial charge >= 0.3 is 0 Å². The minimum absolute atomic E-state index is 0.0428. The topological polar surface area (TPSA) is 78.5 Å². The molecule has 0 saturated carbocycles. The Kier molecular flexibility index (Phi) is 7.72. The average molecular weight is 494 g/mol. The van der Waals surface area contributed by atoms with Crippen molar-refractivity contribution in [2.24, 2.45) is 0 Å². The molecule has 0 bridgehead atoms. The van der Waals surface area contributed by atoms with Crippen LogP contribution in [0.4, 0.5) is 0 Å². The Morgan fingerprint density at radius 1 is 1.13 bits per heavy atom. The molecule has 2 N–H and O–H groups in total. The molecule has 0 aromatic heterocycles. The highest BCUT2D eigenvalue weighted by atomic mass is 35.5. The summed E-state index contributed by atoms with van der Waals surface area (Å²) in [6.07, 6.45) is 1.73. The van der Waals surface area contributed by atoms with Crippen LogP contribution in [0.1, 0.15) is 27.9 Å². The molecule has 3 rings (SSSR count). The number of thioether (sulfide) groups is 1. The summed E-state index contributed by atoms with van der Waals surface area (Å²) in [7, 11) is 0. The number of nitrogens with zero attached hydrogens (tertiary/aromatic N) is 1. The molecule has 160 valence electrons. The van der Waals surface area contributed by atoms with Gasteiger partial charge in [-0.15, -0.1) is 0 Å². The maximum absolute atomic E-state index is 12.6. The second kappa shape index (κ2) is 10.3. The first-order valence-corrected chi connectivity index (χ1v) is 11.1. The van der Waals surface area contributed by atoms with Crippen LogP contribution in [-0.2, 0) is 9.59 Å². The van der Waals surface area contributed by atoms with Gasteiger partial charge in [-0.3, -0.25) is 30.1 Å². The Labute approximate surface area is 198 Å². The van der Waals surface area contributed by atoms with E-state index in [2.05, 4.69) is 10.9 Å². The highest BCUT2D eigenvalue weighted by Gasteiger charge is 2.32. The van der Waals surface area contributed by atoms with Gasteiger partial charge in [0.25, 0.3) is 11.8 Å². The van der Waals surface area contributed by atoms with Crippen molar-refractivity contribution in [2.75, 3.05) is 6.54 Å². The molecule has 1 fully saturated rings. The Balaban J connectivity index is 1.52. The lowest BCUT2D eigenvalue weighted by Crippen LogP contribution is -2.43. The van der Waals surface area contributed by atoms with E-state index in [4.69, 9.17) is 35.4 Å². The number of hydrogen-bond donors (Lipinski definition) is 2. The van der Waals surface area contributed by atoms with Gasteiger partial charge in [0, 0.05) is 18.0 Å². The highest BCUT2D eigenvalue weighted by molar-refractivity contribution is 8.26. The fourth-order valence-corrected chi connectivity index (χ4v) is 4.45. The molecule has 31 heavy (non-hydrogen) atoms. The molecule has 0 atom stereocenters. The maximum Gasteiger partial charge on any atom is 0.271 e. The van der Waals surface area contributed by atoms with E-state index in [-0.39, 0.29) is 29.5 Å². The standard InChI is InChI=1S/C21H17Cl2N3O3S2/c1-12-2-4-13(5-3-12)10-17-20(29)26(21(30)31-17)9-8-18(27)24-25-19(28)15-7-6-14(22)11-16(15)23/h2-7,10-11H,8-9H2,1H3,(H,24,27)(H,25,28)/b17-10-. The first-order chi connectivity index (χ1) is 14.7. The maximum atomic E-state index is 12.6. The van der Waals surface area contributed by atoms with Gasteiger partial charge in [-0.1, -0.05) is 77.0 Å². The van der Waals surface area contributed by atoms with Crippen LogP contribution < -0.4 is 10.9 Å². The zero-order valence-electron chi connectivity index (χ0n) is 16.3. The molecule has 1 saturated heterocycles. The normalized spacial score (nSPS) is 14.8. The summed E-state index contributed by atoms with van der Waals surface area (Å²) in [5.74, 6) is -1.31. The number of halogens is 2. The van der Waals surface area contributed by atoms with Crippen molar-refractivity contribution in [2.45, 2.75) is 13.3 Å². The second-order valence-corrected chi connectivity index (χ2v) is 9.14. The lowest BCUT2D eigenvalue weighted by molar-refractivity contribution is -0.124. The van der Waals surface area contributed by atoms with Gasteiger partial charge in [0.1, 0.15) is 4.32 Å². The zero-order valence-corrected chi connectivity index (χ0v) is 19.4. The van der Waals surface area contributed by atoms with Crippen LogP contribution in [0.25, 0.3) is 6.08 Å². The summed E-state index contributed by atoms with van der Waals surface area (Å²) in [6.45, 7) is 2.08. The van der Waals surface area contributed by atoms with Crippen molar-refractivity contribution in [1.82, 2.24) is 15.8 Å². The Morgan fingerprint density at radius 2 is 1.84 bits per heavy atom. The van der Waals surface area contributed by atoms with E-state index in [0.717, 1.165) is 11.1 Å². The summed E-state index contributed by atoms with van der Waals surface area (Å²) in [5.41, 5.74) is 6.78. The van der Waals surface area contributed by atoms with Crippen molar-refractivity contribution in [3.8, 4) is 0 Å². The van der Waals surface area contributed by atoms with Crippen LogP contribution in [0.15, 0.2) is 47.4 Å². The first-order valence-electron chi connectivity index (χ1n) is 9.11. The summed E-state index contributed by atoms with van der Waals surface area (Å²) in [6, 6.07) is 12.2. The predicted molar refractivity (Wildman–Crippen MR) is 128 cm³/mol. The number of aryl methyl sites for hydroxylation is 1. The van der Waals surface area contributed by atoms with E-state index in [1.54, 1.807) is 6.08 Å². The van der Waals surface area contributed by atoms with Crippen molar-refractivity contribution >= 4 is 75.3 Å². The molecule has 2 aromatic rings. The van der Waals surface area contributed by atoms with Crippen LogP contribution in [-0.4, -0.2) is 33.5 Å². The predicted octanol–water partition coefficient (Wildman–Crippen LogP) is 4.35. The molecule has 6 nitrogen and oxygen atoms in total. The molecule has 0 aliphatic carbocycles. The number of hydrazine groups is 1. The minimum atomic E-state index is -0.582. The molecule has 1 aliphatic heterocycles. The summed E-state index contributed by atoms with van der Waals surface area (Å²) in [4.78, 5) is 38.8. The van der Waals surface area contributed by atoms with E-state index >= 15 is 0 Å². The molecular weight excluding hydrogens is 477 g/mol. The van der Waals surface area contributed by atoms with Gasteiger partial charge in [0.05, 0.1) is 15.5 Å². The minimum Gasteiger partial charge on any atom is -0.292 e. The molecule has 0 unspecified atom stereocenters. The number of thiocarbonyl (C=S) groups is 1. The van der Waals surface area contributed by atoms with Crippen molar-refractivity contribution < 1.29 is 14.4 Å². The zero-order chi connectivity index (χ0) is 22.5. The lowest BCUT2D eigenvalue weighted by Gasteiger charge is -2.14. The lowest BCUT2D eigenvalue weighted by atomic mass is 10.1. The van der Waals surface area contributed by atoms with Gasteiger partial charge in [-0.05, 0) is 36.8 Å². The van der Waals surface area contributed by atoms with E-state index in [1.165, 1.54) is 34.9 Å². The van der Waals surface area contributed by atoms with Crippen molar-refractivity contribution in [1.29, 1.82) is 0 Å². The molecule has 1 heterocycles. The average Bonchev–Trinajstić information content (AvgIpc) is 2.99. The fourth-order valence-electron chi connectivity index (χ4n) is 2.65. The number of carbonyl (C=O) groups excluding carboxylic acids is 3. The Bertz CT molecular complexity index is 1090. The SMILES string of the molecule is Cc1ccc(/C=C2\SC(=S)N(CCC(=O)NNC(=O)c3ccc(Cl)cc3Cl)C2=O)cc1. The van der Waals surface area contributed by atoms with E-state index in [9.17, 15) is 14.4 Å². The number of nitrogens with one attached hydrogen (secondary N) is 2. The quantitative estimate of drug-likeness (QED) is 0.367. The molecule has 10 heteroatoms. The van der Waals surface area contributed by atoms with Crippen LogP contribution in [0.3, 0.4) is 0 Å². The van der Waals surface area contributed by atoms with E-state index in [1.807, 2.05) is 31.2 Å². The summed E-state index contributed by atoms with van der Waals surface area (Å²) >= 11 is 18.2. The van der Waals surface area contributed by atoms with Gasteiger partial charge in [0.15, 0.2) is 0 Å². The summed E-state index contributed by atoms with van der Waals surface area (Å²) < 4.78 is 0.383. The molecule has 2 aromatic carbocycles. The first kappa shape index (κ1) is 23.3. The van der Waals surface area contributed by atoms with Crippen LogP contribution in [0.2, 0.25) is 10.0 Å². The van der Waals surface area contributed by atoms with Gasteiger partial charge in [0.2, 0.25) is 5.91 Å². The van der Waals surface area contributed by atoms with E-state index < -0.39 is 11.8 Å². The third-order valence-electron chi connectivity index (χ3n) is 4.30. The summed E-state index contributed by atoms with van der Waals surface area (Å²) in [5, 5.41) is 0.558. The van der Waals surface area contributed by atoms with Crippen LogP contribution in [0, 0.1) is 6.92 Å². The Hall–Kier alpha value is -2.39. The second-order valence-electron chi connectivity index (χ2n) is 6.62. The Morgan fingerprint density at radius 3 is 2.52 bits per heavy atom. The fraction of sp³-hybridized carbons (Fsp3) is 0.143.